The molecule has 2 N–H and O–H groups in total. The molecule has 0 aliphatic heterocycles. The van der Waals surface area contributed by atoms with Crippen LogP contribution in [0.4, 0.5) is 5.69 Å². The summed E-state index contributed by atoms with van der Waals surface area (Å²) >= 11 is 9.47. The van der Waals surface area contributed by atoms with Crippen LogP contribution in [0.2, 0.25) is 5.02 Å². The molecule has 0 spiro atoms. The zero-order chi connectivity index (χ0) is 9.42. The molecule has 1 nitrogen and oxygen atoms in total. The molecule has 0 saturated carbocycles. The molecule has 0 aliphatic rings. The van der Waals surface area contributed by atoms with Crippen molar-refractivity contribution in [2.75, 3.05) is 5.73 Å². The predicted octanol–water partition coefficient (Wildman–Crippen LogP) is 3.84. The largest absolute Gasteiger partial charge is 0.398 e. The van der Waals surface area contributed by atoms with Crippen LogP contribution in [-0.4, -0.2) is 0 Å². The van der Waals surface area contributed by atoms with Gasteiger partial charge < -0.3 is 5.73 Å². The Morgan fingerprint density at radius 1 is 1.15 bits per heavy atom. The first kappa shape index (κ1) is 8.85. The lowest BCUT2D eigenvalue weighted by molar-refractivity contribution is 1.68. The van der Waals surface area contributed by atoms with Gasteiger partial charge in [0, 0.05) is 20.6 Å². The van der Waals surface area contributed by atoms with Gasteiger partial charge in [-0.1, -0.05) is 29.8 Å². The fraction of sp³-hybridized carbons (Fsp3) is 0. The van der Waals surface area contributed by atoms with E-state index in [0.717, 1.165) is 20.3 Å². The summed E-state index contributed by atoms with van der Waals surface area (Å²) in [6, 6.07) is 9.61. The van der Waals surface area contributed by atoms with Crippen molar-refractivity contribution in [2.24, 2.45) is 0 Å². The van der Waals surface area contributed by atoms with E-state index in [1.54, 1.807) is 0 Å². The monoisotopic (exact) mass is 255 g/mol. The summed E-state index contributed by atoms with van der Waals surface area (Å²) in [7, 11) is 0. The lowest BCUT2D eigenvalue weighted by Gasteiger charge is -2.05. The molecule has 0 aromatic heterocycles. The Hall–Kier alpha value is -0.730. The molecule has 0 aliphatic carbocycles. The Morgan fingerprint density at radius 2 is 1.92 bits per heavy atom. The van der Waals surface area contributed by atoms with Gasteiger partial charge in [0.05, 0.1) is 0 Å². The van der Waals surface area contributed by atoms with Gasteiger partial charge in [-0.3, -0.25) is 0 Å². The number of nitrogens with two attached hydrogens (primary N) is 1. The van der Waals surface area contributed by atoms with Crippen molar-refractivity contribution < 1.29 is 0 Å². The zero-order valence-corrected chi connectivity index (χ0v) is 9.06. The smallest absolute Gasteiger partial charge is 0.0498 e. The Bertz CT molecular complexity index is 468. The van der Waals surface area contributed by atoms with E-state index >= 15 is 0 Å². The third-order valence-corrected chi connectivity index (χ3v) is 3.13. The summed E-state index contributed by atoms with van der Waals surface area (Å²) in [6.45, 7) is 0. The van der Waals surface area contributed by atoms with Gasteiger partial charge in [0.15, 0.2) is 0 Å². The normalized spacial score (nSPS) is 10.6. The van der Waals surface area contributed by atoms with Crippen molar-refractivity contribution in [3.05, 3.63) is 39.8 Å². The van der Waals surface area contributed by atoms with Crippen LogP contribution in [0.25, 0.3) is 10.8 Å². The van der Waals surface area contributed by atoms with Crippen LogP contribution in [0, 0.1) is 0 Å². The maximum absolute atomic E-state index is 6.05. The Balaban J connectivity index is 2.97. The second kappa shape index (κ2) is 3.20. The highest BCUT2D eigenvalue weighted by Crippen LogP contribution is 2.34. The Kier molecular flexibility index (Phi) is 2.18. The van der Waals surface area contributed by atoms with Crippen LogP contribution in [0.3, 0.4) is 0 Å². The SMILES string of the molecule is Nc1ccc2cccc(Cl)c2c1Br. The number of hydrogen-bond acceptors (Lipinski definition) is 1. The molecular formula is C10H7BrClN. The average molecular weight is 257 g/mol. The quantitative estimate of drug-likeness (QED) is 0.712. The molecule has 0 radical (unpaired) electrons. The van der Waals surface area contributed by atoms with Crippen LogP contribution in [0.1, 0.15) is 0 Å². The first-order valence-electron chi connectivity index (χ1n) is 3.82. The molecule has 2 aromatic carbocycles. The van der Waals surface area contributed by atoms with Crippen molar-refractivity contribution in [1.82, 2.24) is 0 Å². The molecule has 0 amide bonds. The van der Waals surface area contributed by atoms with E-state index in [0.29, 0.717) is 5.69 Å². The maximum atomic E-state index is 6.05. The summed E-state index contributed by atoms with van der Waals surface area (Å²) in [6.07, 6.45) is 0. The van der Waals surface area contributed by atoms with Crippen molar-refractivity contribution >= 4 is 44.0 Å². The maximum Gasteiger partial charge on any atom is 0.0498 e. The molecule has 0 unspecified atom stereocenters. The van der Waals surface area contributed by atoms with Crippen LogP contribution in [-0.2, 0) is 0 Å². The van der Waals surface area contributed by atoms with Crippen molar-refractivity contribution in [2.45, 2.75) is 0 Å². The minimum absolute atomic E-state index is 0.709. The van der Waals surface area contributed by atoms with Crippen molar-refractivity contribution in [3.8, 4) is 0 Å². The summed E-state index contributed by atoms with van der Waals surface area (Å²) in [5.41, 5.74) is 6.46. The van der Waals surface area contributed by atoms with Crippen molar-refractivity contribution in [3.63, 3.8) is 0 Å². The second-order valence-corrected chi connectivity index (χ2v) is 4.01. The molecule has 0 fully saturated rings. The van der Waals surface area contributed by atoms with Crippen LogP contribution in [0.15, 0.2) is 34.8 Å². The van der Waals surface area contributed by atoms with E-state index in [4.69, 9.17) is 17.3 Å². The van der Waals surface area contributed by atoms with Crippen LogP contribution >= 0.6 is 27.5 Å². The number of halogens is 2. The lowest BCUT2D eigenvalue weighted by Crippen LogP contribution is -1.87. The molecule has 0 atom stereocenters. The third kappa shape index (κ3) is 1.40. The van der Waals surface area contributed by atoms with Gasteiger partial charge in [-0.05, 0) is 33.4 Å². The number of benzene rings is 2. The lowest BCUT2D eigenvalue weighted by atomic mass is 10.1. The molecule has 3 heteroatoms. The van der Waals surface area contributed by atoms with Gasteiger partial charge in [0.2, 0.25) is 0 Å². The van der Waals surface area contributed by atoms with E-state index in [1.165, 1.54) is 0 Å². The standard InChI is InChI=1S/C10H7BrClN/c11-10-8(13)5-4-6-2-1-3-7(12)9(6)10/h1-5H,13H2. The Morgan fingerprint density at radius 3 is 2.69 bits per heavy atom. The van der Waals surface area contributed by atoms with E-state index in [9.17, 15) is 0 Å². The summed E-state index contributed by atoms with van der Waals surface area (Å²) in [5.74, 6) is 0. The van der Waals surface area contributed by atoms with Crippen molar-refractivity contribution in [1.29, 1.82) is 0 Å². The number of hydrogen-bond donors (Lipinski definition) is 1. The van der Waals surface area contributed by atoms with E-state index in [1.807, 2.05) is 30.3 Å². The highest BCUT2D eigenvalue weighted by molar-refractivity contribution is 9.10. The van der Waals surface area contributed by atoms with Gasteiger partial charge in [0.25, 0.3) is 0 Å². The number of fused-ring (bicyclic) bond motifs is 1. The highest BCUT2D eigenvalue weighted by Gasteiger charge is 2.04. The van der Waals surface area contributed by atoms with E-state index < -0.39 is 0 Å². The van der Waals surface area contributed by atoms with Gasteiger partial charge in [-0.25, -0.2) is 0 Å². The van der Waals surface area contributed by atoms with Gasteiger partial charge in [0.1, 0.15) is 0 Å². The molecule has 2 aromatic rings. The van der Waals surface area contributed by atoms with Gasteiger partial charge in [-0.2, -0.15) is 0 Å². The van der Waals surface area contributed by atoms with Crippen LogP contribution < -0.4 is 5.73 Å². The summed E-state index contributed by atoms with van der Waals surface area (Å²) in [5, 5.41) is 2.79. The predicted molar refractivity (Wildman–Crippen MR) is 61.1 cm³/mol. The molecule has 0 saturated heterocycles. The van der Waals surface area contributed by atoms with Gasteiger partial charge in [-0.15, -0.1) is 0 Å². The average Bonchev–Trinajstić information content (AvgIpc) is 2.12. The van der Waals surface area contributed by atoms with E-state index in [-0.39, 0.29) is 0 Å². The Labute approximate surface area is 89.6 Å². The highest BCUT2D eigenvalue weighted by atomic mass is 79.9. The van der Waals surface area contributed by atoms with Crippen LogP contribution in [0.5, 0.6) is 0 Å². The zero-order valence-electron chi connectivity index (χ0n) is 6.72. The number of rotatable bonds is 0. The second-order valence-electron chi connectivity index (χ2n) is 2.81. The van der Waals surface area contributed by atoms with E-state index in [2.05, 4.69) is 15.9 Å². The fourth-order valence-electron chi connectivity index (χ4n) is 1.31. The summed E-state index contributed by atoms with van der Waals surface area (Å²) in [4.78, 5) is 0. The number of nitrogen functional groups attached to an aromatic ring is 1. The molecule has 0 bridgehead atoms. The first-order valence-corrected chi connectivity index (χ1v) is 4.99. The molecular weight excluding hydrogens is 249 g/mol. The van der Waals surface area contributed by atoms with Gasteiger partial charge >= 0.3 is 0 Å². The molecule has 0 heterocycles. The molecule has 2 rings (SSSR count). The number of anilines is 1. The summed E-state index contributed by atoms with van der Waals surface area (Å²) < 4.78 is 0.871. The minimum atomic E-state index is 0.709. The fourth-order valence-corrected chi connectivity index (χ4v) is 2.27. The third-order valence-electron chi connectivity index (χ3n) is 1.96. The first-order chi connectivity index (χ1) is 6.20. The molecule has 66 valence electrons. The minimum Gasteiger partial charge on any atom is -0.398 e. The molecule has 13 heavy (non-hydrogen) atoms. The topological polar surface area (TPSA) is 26.0 Å².